The predicted octanol–water partition coefficient (Wildman–Crippen LogP) is 4.14. The zero-order valence-electron chi connectivity index (χ0n) is 22.5. The molecule has 3 aliphatic heterocycles. The van der Waals surface area contributed by atoms with Gasteiger partial charge < -0.3 is 42.6 Å². The quantitative estimate of drug-likeness (QED) is 0.253. The Hall–Kier alpha value is -5.13. The Morgan fingerprint density at radius 3 is 1.17 bits per heavy atom. The summed E-state index contributed by atoms with van der Waals surface area (Å²) in [5.74, 6) is 0.992. The second-order valence-electron chi connectivity index (χ2n) is 9.79. The normalized spacial score (nSPS) is 13.9. The highest BCUT2D eigenvalue weighted by Gasteiger charge is 2.35. The third-order valence-electron chi connectivity index (χ3n) is 7.10. The van der Waals surface area contributed by atoms with Crippen molar-refractivity contribution in [1.82, 2.24) is 0 Å². The zero-order valence-corrected chi connectivity index (χ0v) is 22.5. The van der Waals surface area contributed by atoms with Crippen LogP contribution in [0.4, 0.5) is 0 Å². The van der Waals surface area contributed by atoms with Gasteiger partial charge in [-0.15, -0.1) is 0 Å². The number of fused-ring (bicyclic) bond motifs is 3. The Kier molecular flexibility index (Phi) is 7.34. The van der Waals surface area contributed by atoms with Gasteiger partial charge in [-0.2, -0.15) is 0 Å². The third-order valence-corrected chi connectivity index (χ3v) is 7.10. The molecule has 12 nitrogen and oxygen atoms in total. The minimum atomic E-state index is -1.07. The molecular weight excluding hydrogens is 552 g/mol. The van der Waals surface area contributed by atoms with Gasteiger partial charge in [0.15, 0.2) is 34.5 Å². The molecule has 42 heavy (non-hydrogen) atoms. The van der Waals surface area contributed by atoms with Crippen LogP contribution in [0.1, 0.15) is 44.4 Å². The van der Waals surface area contributed by atoms with Gasteiger partial charge in [0.05, 0.1) is 22.1 Å². The lowest BCUT2D eigenvalue weighted by molar-refractivity contribution is -0.0381. The molecule has 3 aromatic carbocycles. The molecule has 0 fully saturated rings. The van der Waals surface area contributed by atoms with Crippen molar-refractivity contribution in [3.8, 4) is 34.5 Å². The molecule has 0 radical (unpaired) electrons. The van der Waals surface area contributed by atoms with Gasteiger partial charge in [0.1, 0.15) is 19.8 Å². The largest absolute Gasteiger partial charge is 0.461 e. The molecule has 0 saturated heterocycles. The fourth-order valence-corrected chi connectivity index (χ4v) is 4.41. The van der Waals surface area contributed by atoms with Crippen molar-refractivity contribution in [2.24, 2.45) is 5.41 Å². The molecule has 0 saturated carbocycles. The Morgan fingerprint density at radius 2 is 0.857 bits per heavy atom. The summed E-state index contributed by atoms with van der Waals surface area (Å²) in [6.45, 7) is 1.39. The van der Waals surface area contributed by atoms with Crippen molar-refractivity contribution in [2.75, 3.05) is 40.2 Å². The fourth-order valence-electron chi connectivity index (χ4n) is 4.41. The molecule has 3 aliphatic rings. The minimum absolute atomic E-state index is 0.0657. The number of carbonyl (C=O) groups is 3. The first-order valence-corrected chi connectivity index (χ1v) is 13.1. The lowest BCUT2D eigenvalue weighted by Crippen LogP contribution is -2.39. The van der Waals surface area contributed by atoms with Gasteiger partial charge in [-0.05, 0) is 61.0 Å². The molecule has 0 amide bonds. The van der Waals surface area contributed by atoms with Crippen molar-refractivity contribution < 1.29 is 57.0 Å². The van der Waals surface area contributed by atoms with Crippen LogP contribution in [0, 0.1) is 5.41 Å². The van der Waals surface area contributed by atoms with E-state index in [1.165, 1.54) is 18.2 Å². The Balaban J connectivity index is 1.16. The Morgan fingerprint density at radius 1 is 0.548 bits per heavy atom. The van der Waals surface area contributed by atoms with Gasteiger partial charge in [-0.25, -0.2) is 14.4 Å². The van der Waals surface area contributed by atoms with Crippen molar-refractivity contribution in [3.63, 3.8) is 0 Å². The van der Waals surface area contributed by atoms with E-state index in [2.05, 4.69) is 0 Å². The highest BCUT2D eigenvalue weighted by atomic mass is 16.7. The van der Waals surface area contributed by atoms with Crippen LogP contribution in [0.25, 0.3) is 0 Å². The van der Waals surface area contributed by atoms with Gasteiger partial charge in [-0.1, -0.05) is 6.92 Å². The SMILES string of the molecule is CCC(COC(=O)c1ccc2c(c1)OCO2)(COC(=O)c1ccc2c(c1)OCO2)COC(=O)c1ccc2c(c1)OCO2. The molecule has 12 heteroatoms. The van der Waals surface area contributed by atoms with Gasteiger partial charge in [0.25, 0.3) is 0 Å². The van der Waals surface area contributed by atoms with Crippen molar-refractivity contribution in [2.45, 2.75) is 13.3 Å². The van der Waals surface area contributed by atoms with E-state index in [0.717, 1.165) is 0 Å². The first-order valence-electron chi connectivity index (χ1n) is 13.1. The Bertz CT molecular complexity index is 1350. The molecule has 3 aromatic rings. The standard InChI is InChI=1S/C30H26O12/c1-2-30(12-34-27(31)18-3-6-21-24(9-18)40-15-37-21,13-35-28(32)19-4-7-22-25(10-19)41-16-38-22)14-36-29(33)20-5-8-23-26(11-20)42-17-39-23/h3-11H,2,12-17H2,1H3. The summed E-state index contributed by atoms with van der Waals surface area (Å²) in [7, 11) is 0. The van der Waals surface area contributed by atoms with Crippen molar-refractivity contribution >= 4 is 17.9 Å². The summed E-state index contributed by atoms with van der Waals surface area (Å²) in [4.78, 5) is 38.9. The molecule has 0 unspecified atom stereocenters. The van der Waals surface area contributed by atoms with Crippen LogP contribution >= 0.6 is 0 Å². The van der Waals surface area contributed by atoms with Crippen LogP contribution < -0.4 is 28.4 Å². The topological polar surface area (TPSA) is 134 Å². The second-order valence-corrected chi connectivity index (χ2v) is 9.79. The molecule has 0 aliphatic carbocycles. The minimum Gasteiger partial charge on any atom is -0.461 e. The van der Waals surface area contributed by atoms with Gasteiger partial charge >= 0.3 is 17.9 Å². The van der Waals surface area contributed by atoms with E-state index in [0.29, 0.717) is 40.9 Å². The van der Waals surface area contributed by atoms with E-state index >= 15 is 0 Å². The summed E-state index contributed by atoms with van der Waals surface area (Å²) in [6, 6.07) is 14.1. The number of hydrogen-bond acceptors (Lipinski definition) is 12. The fraction of sp³-hybridized carbons (Fsp3) is 0.300. The Labute approximate surface area is 239 Å². The van der Waals surface area contributed by atoms with Crippen LogP contribution in [0.15, 0.2) is 54.6 Å². The van der Waals surface area contributed by atoms with E-state index in [9.17, 15) is 14.4 Å². The highest BCUT2D eigenvalue weighted by Crippen LogP contribution is 2.35. The first-order chi connectivity index (χ1) is 20.4. The van der Waals surface area contributed by atoms with Gasteiger partial charge in [-0.3, -0.25) is 0 Å². The van der Waals surface area contributed by atoms with Crippen LogP contribution in [0.2, 0.25) is 0 Å². The average molecular weight is 579 g/mol. The van der Waals surface area contributed by atoms with Crippen LogP contribution in [-0.2, 0) is 14.2 Å². The molecule has 0 N–H and O–H groups in total. The molecule has 0 aromatic heterocycles. The molecule has 0 atom stereocenters. The average Bonchev–Trinajstić information content (AvgIpc) is 3.80. The number of carbonyl (C=O) groups excluding carboxylic acids is 3. The monoisotopic (exact) mass is 578 g/mol. The van der Waals surface area contributed by atoms with Gasteiger partial charge in [0.2, 0.25) is 20.4 Å². The summed E-state index contributed by atoms with van der Waals surface area (Å²) in [5, 5.41) is 0. The molecule has 3 heterocycles. The van der Waals surface area contributed by atoms with Gasteiger partial charge in [0, 0.05) is 0 Å². The number of rotatable bonds is 10. The summed E-state index contributed by atoms with van der Waals surface area (Å²) >= 11 is 0. The molecule has 6 rings (SSSR count). The second kappa shape index (κ2) is 11.4. The lowest BCUT2D eigenvalue weighted by atomic mass is 9.88. The van der Waals surface area contributed by atoms with E-state index in [-0.39, 0.29) is 56.9 Å². The van der Waals surface area contributed by atoms with Crippen molar-refractivity contribution in [3.05, 3.63) is 71.3 Å². The summed E-state index contributed by atoms with van der Waals surface area (Å²) < 4.78 is 48.9. The van der Waals surface area contributed by atoms with E-state index in [1.54, 1.807) is 36.4 Å². The van der Waals surface area contributed by atoms with Crippen LogP contribution in [-0.4, -0.2) is 58.1 Å². The molecule has 0 bridgehead atoms. The molecule has 0 spiro atoms. The van der Waals surface area contributed by atoms with E-state index in [1.807, 2.05) is 6.92 Å². The van der Waals surface area contributed by atoms with Crippen LogP contribution in [0.5, 0.6) is 34.5 Å². The summed E-state index contributed by atoms with van der Waals surface area (Å²) in [5.41, 5.74) is -0.318. The lowest BCUT2D eigenvalue weighted by Gasteiger charge is -2.31. The first kappa shape index (κ1) is 27.1. The predicted molar refractivity (Wildman–Crippen MR) is 141 cm³/mol. The summed E-state index contributed by atoms with van der Waals surface area (Å²) in [6.07, 6.45) is 0.338. The van der Waals surface area contributed by atoms with E-state index in [4.69, 9.17) is 42.6 Å². The van der Waals surface area contributed by atoms with Crippen LogP contribution in [0.3, 0.4) is 0 Å². The van der Waals surface area contributed by atoms with E-state index < -0.39 is 23.3 Å². The smallest absolute Gasteiger partial charge is 0.338 e. The molecule has 218 valence electrons. The molecular formula is C30H26O12. The van der Waals surface area contributed by atoms with Crippen molar-refractivity contribution in [1.29, 1.82) is 0 Å². The maximum atomic E-state index is 13.0. The highest BCUT2D eigenvalue weighted by molar-refractivity contribution is 5.91. The maximum absolute atomic E-state index is 13.0. The third kappa shape index (κ3) is 5.55. The maximum Gasteiger partial charge on any atom is 0.338 e. The number of hydrogen-bond donors (Lipinski definition) is 0. The number of esters is 3. The number of benzene rings is 3. The zero-order chi connectivity index (χ0) is 29.1. The number of ether oxygens (including phenoxy) is 9.